The number of fused-ring (bicyclic) bond motifs is 6. The number of hydrogen-bond acceptors (Lipinski definition) is 4. The van der Waals surface area contributed by atoms with E-state index < -0.39 is 0 Å². The average molecular weight is 837 g/mol. The molecule has 0 radical (unpaired) electrons. The number of aryl methyl sites for hydroxylation is 2. The second-order valence-corrected chi connectivity index (χ2v) is 17.6. The van der Waals surface area contributed by atoms with Gasteiger partial charge in [-0.25, -0.2) is 15.0 Å². The largest absolute Gasteiger partial charge is 0.308 e. The van der Waals surface area contributed by atoms with E-state index in [9.17, 15) is 0 Å². The summed E-state index contributed by atoms with van der Waals surface area (Å²) >= 11 is 1.84. The van der Waals surface area contributed by atoms with Gasteiger partial charge in [-0.15, -0.1) is 11.3 Å². The summed E-state index contributed by atoms with van der Waals surface area (Å²) in [5, 5.41) is 4.89. The fourth-order valence-corrected chi connectivity index (χ4v) is 10.6. The lowest BCUT2D eigenvalue weighted by Gasteiger charge is -2.17. The van der Waals surface area contributed by atoms with Gasteiger partial charge < -0.3 is 4.57 Å². The van der Waals surface area contributed by atoms with Crippen molar-refractivity contribution in [2.24, 2.45) is 0 Å². The Bertz CT molecular complexity index is 3590. The van der Waals surface area contributed by atoms with Gasteiger partial charge in [-0.1, -0.05) is 158 Å². The number of thiophene rings is 1. The summed E-state index contributed by atoms with van der Waals surface area (Å²) in [6.07, 6.45) is 0. The van der Waals surface area contributed by atoms with Crippen LogP contribution in [0.1, 0.15) is 11.1 Å². The van der Waals surface area contributed by atoms with Crippen molar-refractivity contribution in [2.45, 2.75) is 13.8 Å². The van der Waals surface area contributed by atoms with Crippen LogP contribution in [0.25, 0.3) is 115 Å². The molecule has 3 heterocycles. The minimum Gasteiger partial charge on any atom is -0.308 e. The van der Waals surface area contributed by atoms with Crippen LogP contribution in [0.2, 0.25) is 0 Å². The third-order valence-electron chi connectivity index (χ3n) is 12.6. The van der Waals surface area contributed by atoms with Gasteiger partial charge in [0.2, 0.25) is 0 Å². The van der Waals surface area contributed by atoms with Crippen LogP contribution in [0.15, 0.2) is 206 Å². The first kappa shape index (κ1) is 37.7. The highest BCUT2D eigenvalue weighted by atomic mass is 32.1. The Hall–Kier alpha value is -7.99. The topological polar surface area (TPSA) is 43.6 Å². The lowest BCUT2D eigenvalue weighted by Crippen LogP contribution is -2.04. The van der Waals surface area contributed by atoms with E-state index in [1.54, 1.807) is 0 Å². The predicted octanol–water partition coefficient (Wildman–Crippen LogP) is 16.0. The summed E-state index contributed by atoms with van der Waals surface area (Å²) in [5.41, 5.74) is 15.6. The molecule has 0 fully saturated rings. The normalized spacial score (nSPS) is 11.6. The lowest BCUT2D eigenvalue weighted by atomic mass is 9.96. The van der Waals surface area contributed by atoms with Crippen LogP contribution in [0.3, 0.4) is 0 Å². The second-order valence-electron chi connectivity index (χ2n) is 16.5. The van der Waals surface area contributed by atoms with Gasteiger partial charge >= 0.3 is 0 Å². The van der Waals surface area contributed by atoms with E-state index in [1.807, 2.05) is 47.7 Å². The molecule has 3 aromatic heterocycles. The van der Waals surface area contributed by atoms with Crippen LogP contribution < -0.4 is 0 Å². The van der Waals surface area contributed by atoms with E-state index in [2.05, 4.69) is 188 Å². The van der Waals surface area contributed by atoms with Gasteiger partial charge in [-0.05, 0) is 107 Å². The van der Waals surface area contributed by atoms with Crippen molar-refractivity contribution in [2.75, 3.05) is 0 Å². The van der Waals surface area contributed by atoms with Gasteiger partial charge in [-0.3, -0.25) is 0 Å². The maximum Gasteiger partial charge on any atom is 0.166 e. The molecule has 302 valence electrons. The highest BCUT2D eigenvalue weighted by molar-refractivity contribution is 7.25. The molecule has 12 rings (SSSR count). The molecule has 0 unspecified atom stereocenters. The summed E-state index contributed by atoms with van der Waals surface area (Å²) in [6, 6.07) is 73.8. The van der Waals surface area contributed by atoms with E-state index in [4.69, 9.17) is 15.0 Å². The van der Waals surface area contributed by atoms with Gasteiger partial charge in [0.15, 0.2) is 17.5 Å². The molecular formula is C59H40N4S. The third-order valence-corrected chi connectivity index (χ3v) is 13.7. The van der Waals surface area contributed by atoms with Gasteiger partial charge in [-0.2, -0.15) is 0 Å². The molecule has 0 amide bonds. The van der Waals surface area contributed by atoms with E-state index in [0.717, 1.165) is 39.0 Å². The van der Waals surface area contributed by atoms with Crippen molar-refractivity contribution in [3.63, 3.8) is 0 Å². The zero-order valence-electron chi connectivity index (χ0n) is 35.3. The first-order chi connectivity index (χ1) is 31.6. The summed E-state index contributed by atoms with van der Waals surface area (Å²) in [7, 11) is 0. The van der Waals surface area contributed by atoms with Crippen LogP contribution in [0.4, 0.5) is 0 Å². The first-order valence-corrected chi connectivity index (χ1v) is 22.5. The van der Waals surface area contributed by atoms with Crippen molar-refractivity contribution in [1.29, 1.82) is 0 Å². The van der Waals surface area contributed by atoms with E-state index >= 15 is 0 Å². The quantitative estimate of drug-likeness (QED) is 0.161. The molecule has 4 nitrogen and oxygen atoms in total. The van der Waals surface area contributed by atoms with Gasteiger partial charge in [0.25, 0.3) is 0 Å². The first-order valence-electron chi connectivity index (χ1n) is 21.7. The van der Waals surface area contributed by atoms with Crippen molar-refractivity contribution in [1.82, 2.24) is 19.5 Å². The second kappa shape index (κ2) is 15.4. The molecular weight excluding hydrogens is 797 g/mol. The zero-order chi connectivity index (χ0) is 42.7. The van der Waals surface area contributed by atoms with Crippen LogP contribution in [0, 0.1) is 13.8 Å². The molecule has 0 aliphatic rings. The van der Waals surface area contributed by atoms with Crippen molar-refractivity contribution < 1.29 is 0 Å². The molecule has 12 aromatic rings. The minimum atomic E-state index is 0.606. The molecule has 0 saturated heterocycles. The number of benzene rings is 9. The fourth-order valence-electron chi connectivity index (χ4n) is 9.43. The maximum absolute atomic E-state index is 5.36. The van der Waals surface area contributed by atoms with Gasteiger partial charge in [0.1, 0.15) is 0 Å². The number of rotatable bonds is 7. The van der Waals surface area contributed by atoms with Gasteiger partial charge in [0, 0.05) is 47.6 Å². The highest BCUT2D eigenvalue weighted by Crippen LogP contribution is 2.44. The predicted molar refractivity (Wildman–Crippen MR) is 269 cm³/mol. The van der Waals surface area contributed by atoms with E-state index in [1.165, 1.54) is 69.9 Å². The summed E-state index contributed by atoms with van der Waals surface area (Å²) in [4.78, 5) is 15.8. The minimum absolute atomic E-state index is 0.606. The molecule has 0 saturated carbocycles. The maximum atomic E-state index is 5.36. The third kappa shape index (κ3) is 6.40. The lowest BCUT2D eigenvalue weighted by molar-refractivity contribution is 1.06. The Labute approximate surface area is 375 Å². The average Bonchev–Trinajstić information content (AvgIpc) is 3.90. The van der Waals surface area contributed by atoms with Crippen LogP contribution in [-0.2, 0) is 0 Å². The SMILES string of the molecule is Cc1ccccc1-c1ccc2c(c1)c1cc(-c3ccccc3C)ccc1n2-c1ccc(-c2cccc3sc4ccccc4c23)cc1-c1nc(-c2ccccc2)nc(-c2ccccc2)n1. The number of hydrogen-bond donors (Lipinski definition) is 0. The van der Waals surface area contributed by atoms with Gasteiger partial charge in [0.05, 0.1) is 16.7 Å². The summed E-state index contributed by atoms with van der Waals surface area (Å²) in [5.74, 6) is 1.86. The Balaban J connectivity index is 1.17. The molecule has 9 aromatic carbocycles. The molecule has 0 N–H and O–H groups in total. The summed E-state index contributed by atoms with van der Waals surface area (Å²) in [6.45, 7) is 4.38. The standard InChI is InChI=1S/C59H40N4S/c1-37-16-9-11-22-44(37)41-28-31-51-48(34-41)49-35-42(45-23-12-10-17-38(45)2)29-32-52(49)63(51)53-33-30-43(46-25-15-27-55-56(46)47-24-13-14-26-54(47)64-55)36-50(53)59-61-57(39-18-5-3-6-19-39)60-58(62-59)40-20-7-4-8-21-40/h3-36H,1-2H3. The summed E-state index contributed by atoms with van der Waals surface area (Å²) < 4.78 is 4.96. The molecule has 64 heavy (non-hydrogen) atoms. The van der Waals surface area contributed by atoms with Crippen molar-refractivity contribution in [3.8, 4) is 73.2 Å². The molecule has 0 aliphatic heterocycles. The van der Waals surface area contributed by atoms with Crippen molar-refractivity contribution >= 4 is 53.3 Å². The fraction of sp³-hybridized carbons (Fsp3) is 0.0339. The molecule has 0 aliphatic carbocycles. The monoisotopic (exact) mass is 836 g/mol. The Morgan fingerprint density at radius 3 is 1.44 bits per heavy atom. The Morgan fingerprint density at radius 1 is 0.344 bits per heavy atom. The highest BCUT2D eigenvalue weighted by Gasteiger charge is 2.22. The number of nitrogens with zero attached hydrogens (tertiary/aromatic N) is 4. The Morgan fingerprint density at radius 2 is 0.828 bits per heavy atom. The zero-order valence-corrected chi connectivity index (χ0v) is 36.1. The Kier molecular flexibility index (Phi) is 9.09. The molecule has 0 bridgehead atoms. The molecule has 0 spiro atoms. The smallest absolute Gasteiger partial charge is 0.166 e. The van der Waals surface area contributed by atoms with Crippen LogP contribution in [-0.4, -0.2) is 19.5 Å². The van der Waals surface area contributed by atoms with Crippen LogP contribution in [0.5, 0.6) is 0 Å². The van der Waals surface area contributed by atoms with E-state index in [-0.39, 0.29) is 0 Å². The van der Waals surface area contributed by atoms with Crippen LogP contribution >= 0.6 is 11.3 Å². The number of aromatic nitrogens is 4. The van der Waals surface area contributed by atoms with E-state index in [0.29, 0.717) is 17.5 Å². The molecule has 5 heteroatoms. The molecule has 0 atom stereocenters. The van der Waals surface area contributed by atoms with Crippen molar-refractivity contribution in [3.05, 3.63) is 217 Å².